The van der Waals surface area contributed by atoms with Gasteiger partial charge in [-0.1, -0.05) is 41.4 Å². The highest BCUT2D eigenvalue weighted by molar-refractivity contribution is 7.98. The van der Waals surface area contributed by atoms with Gasteiger partial charge in [-0.2, -0.15) is 0 Å². The van der Waals surface area contributed by atoms with Crippen molar-refractivity contribution in [2.75, 3.05) is 30.3 Å². The first-order chi connectivity index (χ1) is 19.5. The van der Waals surface area contributed by atoms with Crippen molar-refractivity contribution in [3.63, 3.8) is 0 Å². The zero-order valence-electron chi connectivity index (χ0n) is 23.3. The lowest BCUT2D eigenvalue weighted by Crippen LogP contribution is -2.51. The van der Waals surface area contributed by atoms with Crippen LogP contribution >= 0.6 is 35.0 Å². The first kappa shape index (κ1) is 32.6. The highest BCUT2D eigenvalue weighted by Gasteiger charge is 2.34. The molecular formula is C29H33Cl2N3O5S2. The molecule has 2 amide bonds. The zero-order valence-corrected chi connectivity index (χ0v) is 26.4. The fraction of sp³-hybridized carbons (Fsp3) is 0.310. The van der Waals surface area contributed by atoms with Crippen molar-refractivity contribution in [2.45, 2.75) is 43.1 Å². The van der Waals surface area contributed by atoms with Gasteiger partial charge in [-0.05, 0) is 81.1 Å². The maximum atomic E-state index is 14.1. The number of amides is 2. The number of nitrogens with one attached hydrogen (secondary N) is 1. The molecule has 0 aromatic heterocycles. The van der Waals surface area contributed by atoms with Gasteiger partial charge < -0.3 is 15.0 Å². The molecule has 0 aliphatic rings. The third-order valence-electron chi connectivity index (χ3n) is 6.23. The van der Waals surface area contributed by atoms with Gasteiger partial charge in [-0.3, -0.25) is 13.9 Å². The van der Waals surface area contributed by atoms with Gasteiger partial charge in [0.05, 0.1) is 17.2 Å². The van der Waals surface area contributed by atoms with Crippen LogP contribution in [0.15, 0.2) is 76.5 Å². The number of thioether (sulfide) groups is 1. The summed E-state index contributed by atoms with van der Waals surface area (Å²) in [7, 11) is -4.24. The average Bonchev–Trinajstić information content (AvgIpc) is 2.95. The van der Waals surface area contributed by atoms with Crippen LogP contribution < -0.4 is 14.4 Å². The lowest BCUT2D eigenvalue weighted by molar-refractivity contribution is -0.139. The van der Waals surface area contributed by atoms with E-state index in [1.807, 2.05) is 6.26 Å². The number of benzene rings is 3. The van der Waals surface area contributed by atoms with E-state index in [0.29, 0.717) is 27.9 Å². The first-order valence-corrected chi connectivity index (χ1v) is 16.3. The minimum absolute atomic E-state index is 0.0125. The van der Waals surface area contributed by atoms with E-state index in [9.17, 15) is 18.0 Å². The van der Waals surface area contributed by atoms with Gasteiger partial charge in [0.2, 0.25) is 11.8 Å². The van der Waals surface area contributed by atoms with Crippen LogP contribution in [-0.2, 0) is 26.2 Å². The molecule has 0 fully saturated rings. The predicted octanol–water partition coefficient (Wildman–Crippen LogP) is 5.86. The van der Waals surface area contributed by atoms with E-state index >= 15 is 0 Å². The molecule has 0 saturated heterocycles. The molecule has 0 bridgehead atoms. The molecule has 0 spiro atoms. The van der Waals surface area contributed by atoms with E-state index < -0.39 is 28.5 Å². The summed E-state index contributed by atoms with van der Waals surface area (Å²) in [4.78, 5) is 29.1. The molecule has 0 aliphatic carbocycles. The number of halogens is 2. The highest BCUT2D eigenvalue weighted by Crippen LogP contribution is 2.33. The van der Waals surface area contributed by atoms with Crippen LogP contribution in [0, 0.1) is 0 Å². The minimum atomic E-state index is -4.24. The predicted molar refractivity (Wildman–Crippen MR) is 166 cm³/mol. The van der Waals surface area contributed by atoms with Crippen molar-refractivity contribution >= 4 is 62.5 Å². The number of sulfonamides is 1. The second kappa shape index (κ2) is 14.8. The SMILES string of the molecule is CCNC(=O)[C@H](C)N(Cc1ccc(Cl)cc1Cl)C(=O)CN(c1ccccc1OCC)S(=O)(=O)c1ccc(SC)cc1. The Morgan fingerprint density at radius 2 is 1.71 bits per heavy atom. The molecule has 3 aromatic carbocycles. The lowest BCUT2D eigenvalue weighted by atomic mass is 10.1. The number of nitrogens with zero attached hydrogens (tertiary/aromatic N) is 2. The standard InChI is InChI=1S/C29H33Cl2N3O5S2/c1-5-32-29(36)20(3)33(18-21-11-12-22(30)17-25(21)31)28(35)19-34(26-9-7-8-10-27(26)39-6-2)41(37,38)24-15-13-23(40-4)14-16-24/h7-17,20H,5-6,18-19H2,1-4H3,(H,32,36)/t20-/m0/s1. The Hall–Kier alpha value is -2.92. The number of hydrogen-bond donors (Lipinski definition) is 1. The normalized spacial score (nSPS) is 12.0. The Morgan fingerprint density at radius 3 is 2.32 bits per heavy atom. The maximum Gasteiger partial charge on any atom is 0.264 e. The number of anilines is 1. The van der Waals surface area contributed by atoms with Crippen molar-refractivity contribution in [2.24, 2.45) is 0 Å². The number of hydrogen-bond acceptors (Lipinski definition) is 6. The largest absolute Gasteiger partial charge is 0.492 e. The third-order valence-corrected chi connectivity index (χ3v) is 9.34. The van der Waals surface area contributed by atoms with E-state index in [0.717, 1.165) is 9.20 Å². The molecule has 0 radical (unpaired) electrons. The number of rotatable bonds is 13. The van der Waals surface area contributed by atoms with E-state index in [1.54, 1.807) is 75.4 Å². The molecule has 0 saturated carbocycles. The van der Waals surface area contributed by atoms with E-state index in [4.69, 9.17) is 27.9 Å². The van der Waals surface area contributed by atoms with Crippen LogP contribution in [-0.4, -0.2) is 57.1 Å². The van der Waals surface area contributed by atoms with Gasteiger partial charge in [0, 0.05) is 28.0 Å². The Bertz CT molecular complexity index is 1470. The summed E-state index contributed by atoms with van der Waals surface area (Å²) >= 11 is 14.0. The Morgan fingerprint density at radius 1 is 1.02 bits per heavy atom. The van der Waals surface area contributed by atoms with Gasteiger partial charge in [0.1, 0.15) is 18.3 Å². The molecular weight excluding hydrogens is 605 g/mol. The maximum absolute atomic E-state index is 14.1. The summed E-state index contributed by atoms with van der Waals surface area (Å²) in [5.41, 5.74) is 0.754. The molecule has 41 heavy (non-hydrogen) atoms. The van der Waals surface area contributed by atoms with Gasteiger partial charge >= 0.3 is 0 Å². The van der Waals surface area contributed by atoms with Crippen LogP contribution in [0.2, 0.25) is 10.0 Å². The van der Waals surface area contributed by atoms with Crippen molar-refractivity contribution in [3.8, 4) is 5.75 Å². The molecule has 1 atom stereocenters. The Balaban J connectivity index is 2.10. The number of para-hydroxylation sites is 2. The zero-order chi connectivity index (χ0) is 30.2. The van der Waals surface area contributed by atoms with Crippen molar-refractivity contribution in [3.05, 3.63) is 82.3 Å². The third kappa shape index (κ3) is 8.09. The van der Waals surface area contributed by atoms with Crippen LogP contribution in [0.5, 0.6) is 5.75 Å². The summed E-state index contributed by atoms with van der Waals surface area (Å²) in [6.07, 6.45) is 1.89. The molecule has 0 heterocycles. The summed E-state index contributed by atoms with van der Waals surface area (Å²) in [6, 6.07) is 17.0. The molecule has 0 unspecified atom stereocenters. The van der Waals surface area contributed by atoms with Crippen molar-refractivity contribution in [1.82, 2.24) is 10.2 Å². The topological polar surface area (TPSA) is 96.0 Å². The smallest absolute Gasteiger partial charge is 0.264 e. The van der Waals surface area contributed by atoms with Crippen molar-refractivity contribution in [1.29, 1.82) is 0 Å². The summed E-state index contributed by atoms with van der Waals surface area (Å²) in [6.45, 7) is 5.16. The average molecular weight is 639 g/mol. The number of carbonyl (C=O) groups is 2. The molecule has 220 valence electrons. The van der Waals surface area contributed by atoms with Crippen LogP contribution in [0.25, 0.3) is 0 Å². The summed E-state index contributed by atoms with van der Waals surface area (Å²) in [5, 5.41) is 3.47. The molecule has 3 aromatic rings. The first-order valence-electron chi connectivity index (χ1n) is 12.9. The van der Waals surface area contributed by atoms with Crippen molar-refractivity contribution < 1.29 is 22.7 Å². The van der Waals surface area contributed by atoms with E-state index in [-0.39, 0.29) is 29.6 Å². The van der Waals surface area contributed by atoms with Gasteiger partial charge in [0.25, 0.3) is 10.0 Å². The van der Waals surface area contributed by atoms with Crippen LogP contribution in [0.1, 0.15) is 26.3 Å². The van der Waals surface area contributed by atoms with E-state index in [2.05, 4.69) is 5.32 Å². The highest BCUT2D eigenvalue weighted by atomic mass is 35.5. The fourth-order valence-corrected chi connectivity index (χ4v) is 6.37. The quantitative estimate of drug-likeness (QED) is 0.236. The second-order valence-corrected chi connectivity index (χ2v) is 12.5. The van der Waals surface area contributed by atoms with E-state index in [1.165, 1.54) is 28.8 Å². The van der Waals surface area contributed by atoms with Crippen LogP contribution in [0.4, 0.5) is 5.69 Å². The summed E-state index contributed by atoms with van der Waals surface area (Å²) < 4.78 is 34.9. The van der Waals surface area contributed by atoms with Crippen LogP contribution in [0.3, 0.4) is 0 Å². The van der Waals surface area contributed by atoms with Gasteiger partial charge in [-0.25, -0.2) is 8.42 Å². The molecule has 12 heteroatoms. The molecule has 1 N–H and O–H groups in total. The number of carbonyl (C=O) groups excluding carboxylic acids is 2. The molecule has 8 nitrogen and oxygen atoms in total. The van der Waals surface area contributed by atoms with Gasteiger partial charge in [0.15, 0.2) is 0 Å². The lowest BCUT2D eigenvalue weighted by Gasteiger charge is -2.32. The van der Waals surface area contributed by atoms with Gasteiger partial charge in [-0.15, -0.1) is 11.8 Å². The Labute approximate surface area is 256 Å². The molecule has 0 aliphatic heterocycles. The fourth-order valence-electron chi connectivity index (χ4n) is 4.07. The molecule has 3 rings (SSSR count). The second-order valence-electron chi connectivity index (χ2n) is 8.92. The Kier molecular flexibility index (Phi) is 11.8. The monoisotopic (exact) mass is 637 g/mol. The number of ether oxygens (including phenoxy) is 1. The number of likely N-dealkylation sites (N-methyl/N-ethyl adjacent to an activating group) is 1. The minimum Gasteiger partial charge on any atom is -0.492 e. The summed E-state index contributed by atoms with van der Waals surface area (Å²) in [5.74, 6) is -0.690.